The Hall–Kier alpha value is -2.09. The van der Waals surface area contributed by atoms with E-state index in [1.807, 2.05) is 24.3 Å². The predicted molar refractivity (Wildman–Crippen MR) is 68.8 cm³/mol. The first-order valence-corrected chi connectivity index (χ1v) is 5.51. The molecule has 0 bridgehead atoms. The van der Waals surface area contributed by atoms with E-state index in [4.69, 9.17) is 4.42 Å². The van der Waals surface area contributed by atoms with Gasteiger partial charge >= 0.3 is 0 Å². The van der Waals surface area contributed by atoms with Gasteiger partial charge < -0.3 is 4.42 Å². The summed E-state index contributed by atoms with van der Waals surface area (Å²) in [6.07, 6.45) is 3.83. The predicted octanol–water partition coefficient (Wildman–Crippen LogP) is 3.96. The molecule has 0 spiro atoms. The third kappa shape index (κ3) is 2.94. The van der Waals surface area contributed by atoms with Gasteiger partial charge in [0, 0.05) is 6.92 Å². The molecule has 0 aliphatic rings. The second-order valence-corrected chi connectivity index (χ2v) is 4.01. The molecule has 0 unspecified atom stereocenters. The Bertz CT molecular complexity index is 562. The molecule has 2 rings (SSSR count). The smallest absolute Gasteiger partial charge is 0.194 e. The lowest BCUT2D eigenvalue weighted by molar-refractivity contribution is 0.0987. The summed E-state index contributed by atoms with van der Waals surface area (Å²) < 4.78 is 5.36. The number of rotatable bonds is 3. The highest BCUT2D eigenvalue weighted by atomic mass is 16.3. The van der Waals surface area contributed by atoms with Gasteiger partial charge in [-0.05, 0) is 30.7 Å². The molecule has 0 radical (unpaired) electrons. The van der Waals surface area contributed by atoms with Gasteiger partial charge in [0.15, 0.2) is 11.5 Å². The SMILES string of the molecule is CC(=O)c1ccc(C=Cc2cccc(C)c2)o1. The number of hydrogen-bond acceptors (Lipinski definition) is 2. The van der Waals surface area contributed by atoms with Gasteiger partial charge in [-0.1, -0.05) is 35.9 Å². The molecule has 0 saturated carbocycles. The number of ketones is 1. The summed E-state index contributed by atoms with van der Waals surface area (Å²) in [7, 11) is 0. The monoisotopic (exact) mass is 226 g/mol. The molecule has 0 saturated heterocycles. The Morgan fingerprint density at radius 1 is 1.18 bits per heavy atom. The van der Waals surface area contributed by atoms with Crippen molar-refractivity contribution in [3.05, 3.63) is 59.0 Å². The van der Waals surface area contributed by atoms with Crippen LogP contribution in [0.3, 0.4) is 0 Å². The summed E-state index contributed by atoms with van der Waals surface area (Å²) in [4.78, 5) is 11.1. The van der Waals surface area contributed by atoms with E-state index >= 15 is 0 Å². The highest BCUT2D eigenvalue weighted by molar-refractivity contribution is 5.91. The molecular formula is C15H14O2. The van der Waals surface area contributed by atoms with E-state index in [0.717, 1.165) is 5.56 Å². The van der Waals surface area contributed by atoms with Crippen molar-refractivity contribution < 1.29 is 9.21 Å². The second-order valence-electron chi connectivity index (χ2n) is 4.01. The molecule has 1 heterocycles. The maximum atomic E-state index is 11.1. The van der Waals surface area contributed by atoms with Gasteiger partial charge in [-0.2, -0.15) is 0 Å². The number of carbonyl (C=O) groups excluding carboxylic acids is 1. The van der Waals surface area contributed by atoms with E-state index in [0.29, 0.717) is 11.5 Å². The van der Waals surface area contributed by atoms with Crippen LogP contribution in [0.2, 0.25) is 0 Å². The highest BCUT2D eigenvalue weighted by Crippen LogP contribution is 2.13. The van der Waals surface area contributed by atoms with Crippen molar-refractivity contribution in [3.8, 4) is 0 Å². The number of aryl methyl sites for hydroxylation is 1. The summed E-state index contributed by atoms with van der Waals surface area (Å²) in [5.74, 6) is 1.03. The molecule has 2 aromatic rings. The van der Waals surface area contributed by atoms with Crippen LogP contribution in [0.25, 0.3) is 12.2 Å². The Kier molecular flexibility index (Phi) is 3.24. The maximum absolute atomic E-state index is 11.1. The zero-order valence-electron chi connectivity index (χ0n) is 9.94. The topological polar surface area (TPSA) is 30.2 Å². The minimum atomic E-state index is -0.0554. The fourth-order valence-corrected chi connectivity index (χ4v) is 1.58. The molecule has 0 amide bonds. The van der Waals surface area contributed by atoms with Crippen LogP contribution in [0.15, 0.2) is 40.8 Å². The van der Waals surface area contributed by atoms with Crippen molar-refractivity contribution in [2.75, 3.05) is 0 Å². The Morgan fingerprint density at radius 2 is 2.00 bits per heavy atom. The number of hydrogen-bond donors (Lipinski definition) is 0. The number of Topliss-reactive ketones (excluding diaryl/α,β-unsaturated/α-hetero) is 1. The van der Waals surface area contributed by atoms with E-state index in [-0.39, 0.29) is 5.78 Å². The van der Waals surface area contributed by atoms with Crippen LogP contribution in [0.1, 0.15) is 34.4 Å². The Balaban J connectivity index is 2.17. The van der Waals surface area contributed by atoms with Crippen molar-refractivity contribution in [2.45, 2.75) is 13.8 Å². The summed E-state index contributed by atoms with van der Waals surface area (Å²) in [6, 6.07) is 11.7. The van der Waals surface area contributed by atoms with Gasteiger partial charge in [0.1, 0.15) is 5.76 Å². The van der Waals surface area contributed by atoms with E-state index in [1.54, 1.807) is 12.1 Å². The van der Waals surface area contributed by atoms with Crippen molar-refractivity contribution >= 4 is 17.9 Å². The lowest BCUT2D eigenvalue weighted by atomic mass is 10.1. The van der Waals surface area contributed by atoms with E-state index in [1.165, 1.54) is 12.5 Å². The minimum absolute atomic E-state index is 0.0554. The normalized spacial score (nSPS) is 10.9. The van der Waals surface area contributed by atoms with Crippen LogP contribution < -0.4 is 0 Å². The standard InChI is InChI=1S/C15H14O2/c1-11-4-3-5-13(10-11)6-7-14-8-9-15(17-14)12(2)16/h3-10H,1-2H3. The van der Waals surface area contributed by atoms with E-state index in [9.17, 15) is 4.79 Å². The van der Waals surface area contributed by atoms with Crippen molar-refractivity contribution in [1.82, 2.24) is 0 Å². The van der Waals surface area contributed by atoms with Gasteiger partial charge in [-0.15, -0.1) is 0 Å². The Labute approximate surface area is 101 Å². The van der Waals surface area contributed by atoms with Gasteiger partial charge in [0.05, 0.1) is 0 Å². The highest BCUT2D eigenvalue weighted by Gasteiger charge is 2.03. The molecule has 0 aliphatic heterocycles. The van der Waals surface area contributed by atoms with Crippen LogP contribution in [-0.2, 0) is 0 Å². The summed E-state index contributed by atoms with van der Waals surface area (Å²) >= 11 is 0. The number of furan rings is 1. The first-order valence-electron chi connectivity index (χ1n) is 5.51. The first-order chi connectivity index (χ1) is 8.15. The molecule has 0 atom stereocenters. The average molecular weight is 226 g/mol. The third-order valence-electron chi connectivity index (χ3n) is 2.46. The van der Waals surface area contributed by atoms with Crippen molar-refractivity contribution in [1.29, 1.82) is 0 Å². The fourth-order valence-electron chi connectivity index (χ4n) is 1.58. The largest absolute Gasteiger partial charge is 0.454 e. The molecule has 1 aromatic carbocycles. The molecule has 2 nitrogen and oxygen atoms in total. The number of benzene rings is 1. The molecule has 2 heteroatoms. The zero-order valence-corrected chi connectivity index (χ0v) is 9.94. The van der Waals surface area contributed by atoms with Crippen molar-refractivity contribution in [3.63, 3.8) is 0 Å². The van der Waals surface area contributed by atoms with Crippen LogP contribution in [0, 0.1) is 6.92 Å². The van der Waals surface area contributed by atoms with Crippen LogP contribution in [-0.4, -0.2) is 5.78 Å². The molecule has 0 aliphatic carbocycles. The summed E-state index contributed by atoms with van der Waals surface area (Å²) in [6.45, 7) is 3.55. The third-order valence-corrected chi connectivity index (χ3v) is 2.46. The van der Waals surface area contributed by atoms with Crippen molar-refractivity contribution in [2.24, 2.45) is 0 Å². The molecule has 86 valence electrons. The fraction of sp³-hybridized carbons (Fsp3) is 0.133. The van der Waals surface area contributed by atoms with Gasteiger partial charge in [0.2, 0.25) is 0 Å². The second kappa shape index (κ2) is 4.83. The maximum Gasteiger partial charge on any atom is 0.194 e. The van der Waals surface area contributed by atoms with Gasteiger partial charge in [-0.3, -0.25) is 4.79 Å². The number of carbonyl (C=O) groups is 1. The van der Waals surface area contributed by atoms with E-state index in [2.05, 4.69) is 19.1 Å². The summed E-state index contributed by atoms with van der Waals surface area (Å²) in [5.41, 5.74) is 2.33. The molecular weight excluding hydrogens is 212 g/mol. The quantitative estimate of drug-likeness (QED) is 0.741. The van der Waals surface area contributed by atoms with Gasteiger partial charge in [0.25, 0.3) is 0 Å². The first kappa shape index (κ1) is 11.4. The van der Waals surface area contributed by atoms with Crippen LogP contribution >= 0.6 is 0 Å². The zero-order chi connectivity index (χ0) is 12.3. The van der Waals surface area contributed by atoms with Crippen LogP contribution in [0.4, 0.5) is 0 Å². The lowest BCUT2D eigenvalue weighted by Gasteiger charge is -1.94. The molecule has 0 N–H and O–H groups in total. The van der Waals surface area contributed by atoms with Crippen LogP contribution in [0.5, 0.6) is 0 Å². The molecule has 0 fully saturated rings. The molecule has 1 aromatic heterocycles. The minimum Gasteiger partial charge on any atom is -0.454 e. The van der Waals surface area contributed by atoms with Gasteiger partial charge in [-0.25, -0.2) is 0 Å². The Morgan fingerprint density at radius 3 is 2.65 bits per heavy atom. The molecule has 17 heavy (non-hydrogen) atoms. The van der Waals surface area contributed by atoms with E-state index < -0.39 is 0 Å². The summed E-state index contributed by atoms with van der Waals surface area (Å²) in [5, 5.41) is 0. The average Bonchev–Trinajstić information content (AvgIpc) is 2.75. The lowest BCUT2D eigenvalue weighted by Crippen LogP contribution is -1.85.